The van der Waals surface area contributed by atoms with E-state index < -0.39 is 0 Å². The zero-order valence-corrected chi connectivity index (χ0v) is 9.86. The van der Waals surface area contributed by atoms with Crippen LogP contribution < -0.4 is 5.32 Å². The Morgan fingerprint density at radius 2 is 1.88 bits per heavy atom. The number of hydrogen-bond acceptors (Lipinski definition) is 3. The van der Waals surface area contributed by atoms with Crippen molar-refractivity contribution in [3.63, 3.8) is 0 Å². The van der Waals surface area contributed by atoms with Gasteiger partial charge in [0.05, 0.1) is 0 Å². The molecule has 0 aliphatic heterocycles. The second-order valence-electron chi connectivity index (χ2n) is 3.64. The van der Waals surface area contributed by atoms with Crippen LogP contribution in [0.1, 0.15) is 12.7 Å². The number of rotatable bonds is 3. The molecule has 0 aliphatic rings. The van der Waals surface area contributed by atoms with Gasteiger partial charge in [-0.05, 0) is 38.1 Å². The fourth-order valence-electron chi connectivity index (χ4n) is 1.76. The van der Waals surface area contributed by atoms with Crippen LogP contribution in [0.4, 0.5) is 5.69 Å². The number of anilines is 1. The Hall–Kier alpha value is -1.84. The van der Waals surface area contributed by atoms with E-state index in [0.29, 0.717) is 0 Å². The van der Waals surface area contributed by atoms with Crippen LogP contribution in [0.25, 0.3) is 11.4 Å². The predicted octanol–water partition coefficient (Wildman–Crippen LogP) is 2.32. The van der Waals surface area contributed by atoms with E-state index in [0.717, 1.165) is 29.4 Å². The standard InChI is InChI=1S/C12H16N4/c1-4-16-9(2)14-15-12(16)10-5-7-11(13-3)8-6-10/h5-8,13H,4H2,1-3H3. The highest BCUT2D eigenvalue weighted by Crippen LogP contribution is 2.20. The first-order valence-electron chi connectivity index (χ1n) is 5.44. The van der Waals surface area contributed by atoms with Gasteiger partial charge in [-0.3, -0.25) is 0 Å². The molecule has 0 fully saturated rings. The van der Waals surface area contributed by atoms with Gasteiger partial charge in [-0.15, -0.1) is 10.2 Å². The van der Waals surface area contributed by atoms with Gasteiger partial charge in [-0.25, -0.2) is 0 Å². The Morgan fingerprint density at radius 1 is 1.19 bits per heavy atom. The van der Waals surface area contributed by atoms with Crippen molar-refractivity contribution in [2.45, 2.75) is 20.4 Å². The summed E-state index contributed by atoms with van der Waals surface area (Å²) in [7, 11) is 1.91. The van der Waals surface area contributed by atoms with Crippen LogP contribution in [0, 0.1) is 6.92 Å². The summed E-state index contributed by atoms with van der Waals surface area (Å²) in [5.74, 6) is 1.89. The summed E-state index contributed by atoms with van der Waals surface area (Å²) in [4.78, 5) is 0. The number of nitrogens with zero attached hydrogens (tertiary/aromatic N) is 3. The molecule has 0 atom stereocenters. The lowest BCUT2D eigenvalue weighted by Crippen LogP contribution is -1.99. The van der Waals surface area contributed by atoms with Crippen LogP contribution in [-0.2, 0) is 6.54 Å². The third-order valence-electron chi connectivity index (χ3n) is 2.68. The maximum absolute atomic E-state index is 4.20. The van der Waals surface area contributed by atoms with Gasteiger partial charge in [0.2, 0.25) is 0 Å². The van der Waals surface area contributed by atoms with Crippen molar-refractivity contribution in [3.05, 3.63) is 30.1 Å². The van der Waals surface area contributed by atoms with Gasteiger partial charge in [-0.1, -0.05) is 0 Å². The van der Waals surface area contributed by atoms with Gasteiger partial charge in [0.15, 0.2) is 5.82 Å². The van der Waals surface area contributed by atoms with Crippen LogP contribution in [0.3, 0.4) is 0 Å². The first-order chi connectivity index (χ1) is 7.76. The van der Waals surface area contributed by atoms with Gasteiger partial charge in [-0.2, -0.15) is 0 Å². The summed E-state index contributed by atoms with van der Waals surface area (Å²) in [5.41, 5.74) is 2.20. The van der Waals surface area contributed by atoms with Crippen molar-refractivity contribution in [1.82, 2.24) is 14.8 Å². The largest absolute Gasteiger partial charge is 0.388 e. The molecule has 2 aromatic rings. The Kier molecular flexibility index (Phi) is 2.90. The highest BCUT2D eigenvalue weighted by molar-refractivity contribution is 5.59. The van der Waals surface area contributed by atoms with Crippen LogP contribution in [0.5, 0.6) is 0 Å². The lowest BCUT2D eigenvalue weighted by Gasteiger charge is -2.06. The molecule has 0 aliphatic carbocycles. The lowest BCUT2D eigenvalue weighted by atomic mass is 10.2. The average molecular weight is 216 g/mol. The summed E-state index contributed by atoms with van der Waals surface area (Å²) >= 11 is 0. The molecular formula is C12H16N4. The second-order valence-corrected chi connectivity index (χ2v) is 3.64. The molecule has 0 radical (unpaired) electrons. The fourth-order valence-corrected chi connectivity index (χ4v) is 1.76. The van der Waals surface area contributed by atoms with Crippen LogP contribution in [0.2, 0.25) is 0 Å². The Balaban J connectivity index is 2.42. The first-order valence-corrected chi connectivity index (χ1v) is 5.44. The number of benzene rings is 1. The maximum Gasteiger partial charge on any atom is 0.163 e. The Labute approximate surface area is 95.3 Å². The molecule has 4 nitrogen and oxygen atoms in total. The minimum atomic E-state index is 0.891. The van der Waals surface area contributed by atoms with Gasteiger partial charge in [0, 0.05) is 24.8 Å². The van der Waals surface area contributed by atoms with Crippen molar-refractivity contribution in [1.29, 1.82) is 0 Å². The predicted molar refractivity (Wildman–Crippen MR) is 65.4 cm³/mol. The van der Waals surface area contributed by atoms with Crippen molar-refractivity contribution in [2.24, 2.45) is 0 Å². The molecule has 1 aromatic carbocycles. The normalized spacial score (nSPS) is 10.4. The van der Waals surface area contributed by atoms with Crippen LogP contribution in [0.15, 0.2) is 24.3 Å². The van der Waals surface area contributed by atoms with Gasteiger partial charge >= 0.3 is 0 Å². The molecule has 0 amide bonds. The molecular weight excluding hydrogens is 200 g/mol. The van der Waals surface area contributed by atoms with Gasteiger partial charge in [0.25, 0.3) is 0 Å². The lowest BCUT2D eigenvalue weighted by molar-refractivity contribution is 0.737. The number of nitrogens with one attached hydrogen (secondary N) is 1. The average Bonchev–Trinajstić information content (AvgIpc) is 2.70. The van der Waals surface area contributed by atoms with E-state index >= 15 is 0 Å². The smallest absolute Gasteiger partial charge is 0.163 e. The zero-order chi connectivity index (χ0) is 11.5. The molecule has 0 unspecified atom stereocenters. The molecule has 0 bridgehead atoms. The third kappa shape index (κ3) is 1.78. The quantitative estimate of drug-likeness (QED) is 0.856. The highest BCUT2D eigenvalue weighted by Gasteiger charge is 2.08. The fraction of sp³-hybridized carbons (Fsp3) is 0.333. The van der Waals surface area contributed by atoms with Gasteiger partial charge in [0.1, 0.15) is 5.82 Å². The van der Waals surface area contributed by atoms with E-state index in [1.165, 1.54) is 0 Å². The number of aryl methyl sites for hydroxylation is 1. The SMILES string of the molecule is CCn1c(C)nnc1-c1ccc(NC)cc1. The summed E-state index contributed by atoms with van der Waals surface area (Å²) in [6.07, 6.45) is 0. The Morgan fingerprint density at radius 3 is 2.44 bits per heavy atom. The molecule has 1 heterocycles. The molecule has 1 N–H and O–H groups in total. The van der Waals surface area contributed by atoms with Crippen molar-refractivity contribution < 1.29 is 0 Å². The van der Waals surface area contributed by atoms with E-state index in [-0.39, 0.29) is 0 Å². The topological polar surface area (TPSA) is 42.7 Å². The summed E-state index contributed by atoms with van der Waals surface area (Å²) in [6.45, 7) is 4.96. The van der Waals surface area contributed by atoms with E-state index in [9.17, 15) is 0 Å². The van der Waals surface area contributed by atoms with E-state index in [1.54, 1.807) is 0 Å². The van der Waals surface area contributed by atoms with Gasteiger partial charge < -0.3 is 9.88 Å². The molecule has 4 heteroatoms. The molecule has 16 heavy (non-hydrogen) atoms. The molecule has 0 saturated heterocycles. The van der Waals surface area contributed by atoms with E-state index in [4.69, 9.17) is 0 Å². The molecule has 84 valence electrons. The summed E-state index contributed by atoms with van der Waals surface area (Å²) in [6, 6.07) is 8.20. The number of hydrogen-bond donors (Lipinski definition) is 1. The number of aromatic nitrogens is 3. The van der Waals surface area contributed by atoms with Crippen LogP contribution in [-0.4, -0.2) is 21.8 Å². The minimum Gasteiger partial charge on any atom is -0.388 e. The van der Waals surface area contributed by atoms with Crippen LogP contribution >= 0.6 is 0 Å². The van der Waals surface area contributed by atoms with Crippen molar-refractivity contribution in [3.8, 4) is 11.4 Å². The highest BCUT2D eigenvalue weighted by atomic mass is 15.3. The van der Waals surface area contributed by atoms with E-state index in [1.807, 2.05) is 26.1 Å². The third-order valence-corrected chi connectivity index (χ3v) is 2.68. The molecule has 2 rings (SSSR count). The molecule has 0 spiro atoms. The zero-order valence-electron chi connectivity index (χ0n) is 9.86. The van der Waals surface area contributed by atoms with E-state index in [2.05, 4.69) is 39.1 Å². The first kappa shape index (κ1) is 10.7. The molecule has 1 aromatic heterocycles. The van der Waals surface area contributed by atoms with Crippen molar-refractivity contribution >= 4 is 5.69 Å². The Bertz CT molecular complexity index is 470. The van der Waals surface area contributed by atoms with Crippen molar-refractivity contribution in [2.75, 3.05) is 12.4 Å². The molecule has 0 saturated carbocycles. The second kappa shape index (κ2) is 4.35. The monoisotopic (exact) mass is 216 g/mol. The minimum absolute atomic E-state index is 0.891. The summed E-state index contributed by atoms with van der Waals surface area (Å²) < 4.78 is 2.11. The summed E-state index contributed by atoms with van der Waals surface area (Å²) in [5, 5.41) is 11.4. The maximum atomic E-state index is 4.20.